The Balaban J connectivity index is 2.03. The third kappa shape index (κ3) is 5.74. The number of nitrogens with one attached hydrogen (secondary N) is 1. The van der Waals surface area contributed by atoms with E-state index < -0.39 is 18.0 Å². The second kappa shape index (κ2) is 9.98. The van der Waals surface area contributed by atoms with Crippen molar-refractivity contribution in [3.63, 3.8) is 0 Å². The second-order valence-electron chi connectivity index (χ2n) is 6.41. The first-order valence-corrected chi connectivity index (χ1v) is 9.32. The zero-order chi connectivity index (χ0) is 21.6. The van der Waals surface area contributed by atoms with E-state index in [0.717, 1.165) is 16.8 Å². The molecule has 0 aliphatic carbocycles. The number of benzene rings is 2. The summed E-state index contributed by atoms with van der Waals surface area (Å²) in [6, 6.07) is 9.01. The van der Waals surface area contributed by atoms with Crippen molar-refractivity contribution in [2.75, 3.05) is 19.5 Å². The van der Waals surface area contributed by atoms with Gasteiger partial charge in [-0.15, -0.1) is 0 Å². The molecule has 154 valence electrons. The van der Waals surface area contributed by atoms with Crippen LogP contribution >= 0.6 is 11.6 Å². The highest BCUT2D eigenvalue weighted by atomic mass is 35.5. The molecule has 0 saturated carbocycles. The van der Waals surface area contributed by atoms with Crippen LogP contribution in [0.1, 0.15) is 23.6 Å². The second-order valence-corrected chi connectivity index (χ2v) is 6.81. The van der Waals surface area contributed by atoms with Crippen LogP contribution in [0.25, 0.3) is 6.08 Å². The van der Waals surface area contributed by atoms with Crippen molar-refractivity contribution in [2.24, 2.45) is 0 Å². The molecular weight excluding hydrogens is 394 g/mol. The number of carbonyl (C=O) groups excluding carboxylic acids is 2. The van der Waals surface area contributed by atoms with Crippen LogP contribution in [0.5, 0.6) is 11.5 Å². The van der Waals surface area contributed by atoms with Gasteiger partial charge in [0.2, 0.25) is 0 Å². The molecule has 1 atom stereocenters. The number of amides is 1. The summed E-state index contributed by atoms with van der Waals surface area (Å²) in [7, 11) is 2.98. The van der Waals surface area contributed by atoms with E-state index in [4.69, 9.17) is 25.8 Å². The number of rotatable bonds is 7. The summed E-state index contributed by atoms with van der Waals surface area (Å²) in [6.45, 7) is 5.31. The molecule has 7 heteroatoms. The average Bonchev–Trinajstić information content (AvgIpc) is 2.68. The Kier molecular flexibility index (Phi) is 7.67. The number of halogens is 1. The summed E-state index contributed by atoms with van der Waals surface area (Å²) in [5.41, 5.74) is 3.21. The number of ether oxygens (including phenoxy) is 3. The molecule has 0 radical (unpaired) electrons. The molecule has 2 rings (SSSR count). The van der Waals surface area contributed by atoms with Crippen LogP contribution in [0.15, 0.2) is 36.4 Å². The van der Waals surface area contributed by atoms with Crippen LogP contribution in [0.3, 0.4) is 0 Å². The van der Waals surface area contributed by atoms with E-state index in [1.165, 1.54) is 33.3 Å². The van der Waals surface area contributed by atoms with Crippen LogP contribution in [0.2, 0.25) is 5.02 Å². The van der Waals surface area contributed by atoms with Gasteiger partial charge < -0.3 is 19.5 Å². The summed E-state index contributed by atoms with van der Waals surface area (Å²) < 4.78 is 15.6. The Labute approximate surface area is 175 Å². The molecule has 1 N–H and O–H groups in total. The number of hydrogen-bond acceptors (Lipinski definition) is 5. The SMILES string of the molecule is COc1cc(/C=C/C(=O)O[C@@H](C)C(=O)Nc2c(C)cccc2C)cc(Cl)c1OC. The number of carbonyl (C=O) groups is 2. The van der Waals surface area contributed by atoms with Crippen molar-refractivity contribution in [1.29, 1.82) is 0 Å². The van der Waals surface area contributed by atoms with Crippen LogP contribution in [-0.2, 0) is 14.3 Å². The fourth-order valence-electron chi connectivity index (χ4n) is 2.70. The van der Waals surface area contributed by atoms with Crippen LogP contribution < -0.4 is 14.8 Å². The van der Waals surface area contributed by atoms with Crippen LogP contribution in [-0.4, -0.2) is 32.2 Å². The van der Waals surface area contributed by atoms with Gasteiger partial charge in [-0.3, -0.25) is 4.79 Å². The third-order valence-electron chi connectivity index (χ3n) is 4.26. The normalized spacial score (nSPS) is 11.8. The quantitative estimate of drug-likeness (QED) is 0.528. The molecule has 0 unspecified atom stereocenters. The molecule has 2 aromatic carbocycles. The molecule has 0 fully saturated rings. The molecule has 2 aromatic rings. The number of methoxy groups -OCH3 is 2. The Hall–Kier alpha value is -2.99. The number of aryl methyl sites for hydroxylation is 2. The van der Waals surface area contributed by atoms with E-state index in [0.29, 0.717) is 22.1 Å². The minimum absolute atomic E-state index is 0.348. The fourth-order valence-corrected chi connectivity index (χ4v) is 3.00. The summed E-state index contributed by atoms with van der Waals surface area (Å²) in [5, 5.41) is 3.15. The molecule has 0 aliphatic rings. The monoisotopic (exact) mass is 417 g/mol. The van der Waals surface area contributed by atoms with E-state index in [9.17, 15) is 9.59 Å². The highest BCUT2D eigenvalue weighted by molar-refractivity contribution is 6.32. The average molecular weight is 418 g/mol. The lowest BCUT2D eigenvalue weighted by Gasteiger charge is -2.15. The van der Waals surface area contributed by atoms with Crippen molar-refractivity contribution in [1.82, 2.24) is 0 Å². The smallest absolute Gasteiger partial charge is 0.331 e. The van der Waals surface area contributed by atoms with Gasteiger partial charge in [0.1, 0.15) is 0 Å². The number of esters is 1. The Morgan fingerprint density at radius 1 is 1.10 bits per heavy atom. The van der Waals surface area contributed by atoms with Gasteiger partial charge in [0, 0.05) is 11.8 Å². The van der Waals surface area contributed by atoms with Gasteiger partial charge in [-0.25, -0.2) is 4.79 Å². The zero-order valence-corrected chi connectivity index (χ0v) is 17.8. The molecule has 0 spiro atoms. The van der Waals surface area contributed by atoms with Crippen molar-refractivity contribution < 1.29 is 23.8 Å². The molecule has 0 aromatic heterocycles. The summed E-state index contributed by atoms with van der Waals surface area (Å²) in [6.07, 6.45) is 1.78. The Morgan fingerprint density at radius 2 is 1.76 bits per heavy atom. The van der Waals surface area contributed by atoms with E-state index in [1.807, 2.05) is 32.0 Å². The summed E-state index contributed by atoms with van der Waals surface area (Å²) >= 11 is 6.15. The molecule has 29 heavy (non-hydrogen) atoms. The fraction of sp³-hybridized carbons (Fsp3) is 0.273. The largest absolute Gasteiger partial charge is 0.493 e. The molecule has 0 heterocycles. The van der Waals surface area contributed by atoms with Gasteiger partial charge in [-0.05, 0) is 55.7 Å². The van der Waals surface area contributed by atoms with E-state index in [-0.39, 0.29) is 0 Å². The zero-order valence-electron chi connectivity index (χ0n) is 17.0. The van der Waals surface area contributed by atoms with E-state index in [2.05, 4.69) is 5.32 Å². The maximum absolute atomic E-state index is 12.4. The Bertz CT molecular complexity index is 919. The van der Waals surface area contributed by atoms with Gasteiger partial charge in [-0.1, -0.05) is 29.8 Å². The lowest BCUT2D eigenvalue weighted by molar-refractivity contribution is -0.148. The predicted octanol–water partition coefficient (Wildman–Crippen LogP) is 4.56. The number of anilines is 1. The molecular formula is C22H24ClNO5. The van der Waals surface area contributed by atoms with Crippen molar-refractivity contribution in [3.8, 4) is 11.5 Å². The first kappa shape index (κ1) is 22.3. The summed E-state index contributed by atoms with van der Waals surface area (Å²) in [4.78, 5) is 24.5. The van der Waals surface area contributed by atoms with Crippen LogP contribution in [0, 0.1) is 13.8 Å². The lowest BCUT2D eigenvalue weighted by atomic mass is 10.1. The maximum atomic E-state index is 12.4. The van der Waals surface area contributed by atoms with Gasteiger partial charge >= 0.3 is 5.97 Å². The third-order valence-corrected chi connectivity index (χ3v) is 4.54. The van der Waals surface area contributed by atoms with Crippen molar-refractivity contribution in [2.45, 2.75) is 26.9 Å². The lowest BCUT2D eigenvalue weighted by Crippen LogP contribution is -2.30. The number of para-hydroxylation sites is 1. The molecule has 1 amide bonds. The highest BCUT2D eigenvalue weighted by Gasteiger charge is 2.18. The van der Waals surface area contributed by atoms with Gasteiger partial charge in [-0.2, -0.15) is 0 Å². The topological polar surface area (TPSA) is 73.9 Å². The highest BCUT2D eigenvalue weighted by Crippen LogP contribution is 2.36. The first-order valence-electron chi connectivity index (χ1n) is 8.94. The summed E-state index contributed by atoms with van der Waals surface area (Å²) in [5.74, 6) is -0.210. The predicted molar refractivity (Wildman–Crippen MR) is 114 cm³/mol. The van der Waals surface area contributed by atoms with Crippen molar-refractivity contribution >= 4 is 35.2 Å². The number of hydrogen-bond donors (Lipinski definition) is 1. The molecule has 0 bridgehead atoms. The van der Waals surface area contributed by atoms with E-state index >= 15 is 0 Å². The van der Waals surface area contributed by atoms with E-state index in [1.54, 1.807) is 12.1 Å². The minimum atomic E-state index is -0.958. The Morgan fingerprint density at radius 3 is 2.34 bits per heavy atom. The van der Waals surface area contributed by atoms with Gasteiger partial charge in [0.05, 0.1) is 19.2 Å². The standard InChI is InChI=1S/C22H24ClNO5/c1-13-7-6-8-14(2)20(13)24-22(26)15(3)29-19(25)10-9-16-11-17(23)21(28-5)18(12-16)27-4/h6-12,15H,1-5H3,(H,24,26)/b10-9+/t15-/m0/s1. The first-order chi connectivity index (χ1) is 13.8. The molecule has 0 saturated heterocycles. The molecule has 6 nitrogen and oxygen atoms in total. The van der Waals surface area contributed by atoms with Crippen LogP contribution in [0.4, 0.5) is 5.69 Å². The van der Waals surface area contributed by atoms with Crippen molar-refractivity contribution in [3.05, 3.63) is 58.1 Å². The maximum Gasteiger partial charge on any atom is 0.331 e. The minimum Gasteiger partial charge on any atom is -0.493 e. The molecule has 0 aliphatic heterocycles. The van der Waals surface area contributed by atoms with Gasteiger partial charge in [0.25, 0.3) is 5.91 Å². The van der Waals surface area contributed by atoms with Gasteiger partial charge in [0.15, 0.2) is 17.6 Å².